The third-order valence-electron chi connectivity index (χ3n) is 3.00. The topological polar surface area (TPSA) is 69.6 Å². The molecule has 0 aromatic carbocycles. The molecule has 0 bridgehead atoms. The molecule has 0 spiro atoms. The third kappa shape index (κ3) is 3.04. The number of carbonyl (C=O) groups is 2. The predicted molar refractivity (Wildman–Crippen MR) is 56.0 cm³/mol. The first-order valence-corrected chi connectivity index (χ1v) is 5.45. The number of piperidine rings is 1. The summed E-state index contributed by atoms with van der Waals surface area (Å²) < 4.78 is 23.9. The van der Waals surface area contributed by atoms with Crippen LogP contribution in [-0.4, -0.2) is 47.1 Å². The van der Waals surface area contributed by atoms with E-state index in [1.54, 1.807) is 0 Å². The highest BCUT2D eigenvalue weighted by Crippen LogP contribution is 2.28. The molecule has 0 aliphatic carbocycles. The summed E-state index contributed by atoms with van der Waals surface area (Å²) in [6.07, 6.45) is -0.906. The Bertz CT molecular complexity index is 312. The largest absolute Gasteiger partial charge is 0.480 e. The molecule has 7 heteroatoms. The number of aliphatic carboxylic acids is 1. The van der Waals surface area contributed by atoms with Crippen LogP contribution in [0.4, 0.5) is 13.6 Å². The Labute approximate surface area is 97.8 Å². The van der Waals surface area contributed by atoms with Crippen LogP contribution in [0.2, 0.25) is 0 Å². The third-order valence-corrected chi connectivity index (χ3v) is 3.00. The Kier molecular flexibility index (Phi) is 4.25. The van der Waals surface area contributed by atoms with Gasteiger partial charge in [-0.3, -0.25) is 0 Å². The quantitative estimate of drug-likeness (QED) is 0.793. The molecule has 2 amide bonds. The Morgan fingerprint density at radius 1 is 1.47 bits per heavy atom. The highest BCUT2D eigenvalue weighted by atomic mass is 19.3. The summed E-state index contributed by atoms with van der Waals surface area (Å²) in [6.45, 7) is 0.958. The fourth-order valence-electron chi connectivity index (χ4n) is 1.93. The molecule has 1 rings (SSSR count). The minimum atomic E-state index is -2.64. The van der Waals surface area contributed by atoms with Gasteiger partial charge < -0.3 is 15.3 Å². The molecule has 0 radical (unpaired) electrons. The molecule has 5 nitrogen and oxygen atoms in total. The monoisotopic (exact) mass is 250 g/mol. The Morgan fingerprint density at radius 3 is 2.65 bits per heavy atom. The van der Waals surface area contributed by atoms with Gasteiger partial charge in [0.05, 0.1) is 6.54 Å². The van der Waals surface area contributed by atoms with Crippen LogP contribution in [0.3, 0.4) is 0 Å². The van der Waals surface area contributed by atoms with Gasteiger partial charge in [0.2, 0.25) is 0 Å². The number of halogens is 2. The van der Waals surface area contributed by atoms with Crippen molar-refractivity contribution in [2.45, 2.75) is 38.2 Å². The molecule has 98 valence electrons. The number of carboxylic acid groups (broad SMARTS) is 1. The first-order valence-electron chi connectivity index (χ1n) is 5.45. The zero-order chi connectivity index (χ0) is 13.1. The summed E-state index contributed by atoms with van der Waals surface area (Å²) in [7, 11) is 0. The van der Waals surface area contributed by atoms with Gasteiger partial charge in [-0.05, 0) is 26.2 Å². The van der Waals surface area contributed by atoms with E-state index in [2.05, 4.69) is 0 Å². The van der Waals surface area contributed by atoms with Crippen molar-refractivity contribution in [2.24, 2.45) is 0 Å². The maximum Gasteiger partial charge on any atom is 0.329 e. The van der Waals surface area contributed by atoms with Gasteiger partial charge in [-0.2, -0.15) is 0 Å². The summed E-state index contributed by atoms with van der Waals surface area (Å²) in [5, 5.41) is 11.2. The number of carboxylic acids is 1. The number of carbonyl (C=O) groups excluding carboxylic acids is 1. The molecule has 0 aromatic heterocycles. The zero-order valence-corrected chi connectivity index (χ0v) is 9.58. The molecule has 1 atom stereocenters. The standard InChI is InChI=1S/C10H16F2N2O3/c1-10(8(15)16)4-2-3-5-14(10)9(17)13-6-7(11)12/h7H,2-6H2,1H3,(H,13,17)(H,15,16). The maximum absolute atomic E-state index is 12.0. The van der Waals surface area contributed by atoms with Crippen LogP contribution in [0.15, 0.2) is 0 Å². The average molecular weight is 250 g/mol. The summed E-state index contributed by atoms with van der Waals surface area (Å²) in [6, 6.07) is -0.741. The summed E-state index contributed by atoms with van der Waals surface area (Å²) >= 11 is 0. The molecule has 1 saturated heterocycles. The van der Waals surface area contributed by atoms with Gasteiger partial charge in [0.25, 0.3) is 6.43 Å². The van der Waals surface area contributed by atoms with Crippen LogP contribution < -0.4 is 5.32 Å². The Hall–Kier alpha value is -1.40. The van der Waals surface area contributed by atoms with Crippen LogP contribution in [0.5, 0.6) is 0 Å². The van der Waals surface area contributed by atoms with Crippen molar-refractivity contribution in [1.82, 2.24) is 10.2 Å². The Morgan fingerprint density at radius 2 is 2.12 bits per heavy atom. The normalized spacial score (nSPS) is 24.8. The molecule has 0 aromatic rings. The average Bonchev–Trinajstić information content (AvgIpc) is 2.26. The van der Waals surface area contributed by atoms with E-state index in [0.29, 0.717) is 19.3 Å². The lowest BCUT2D eigenvalue weighted by atomic mass is 9.89. The number of urea groups is 1. The van der Waals surface area contributed by atoms with Crippen LogP contribution in [-0.2, 0) is 4.79 Å². The SMILES string of the molecule is CC1(C(=O)O)CCCCN1C(=O)NCC(F)F. The molecule has 2 N–H and O–H groups in total. The van der Waals surface area contributed by atoms with Crippen LogP contribution in [0.1, 0.15) is 26.2 Å². The highest BCUT2D eigenvalue weighted by Gasteiger charge is 2.43. The summed E-state index contributed by atoms with van der Waals surface area (Å²) in [5.74, 6) is -1.11. The molecule has 1 unspecified atom stereocenters. The lowest BCUT2D eigenvalue weighted by molar-refractivity contribution is -0.150. The van der Waals surface area contributed by atoms with Crippen LogP contribution >= 0.6 is 0 Å². The van der Waals surface area contributed by atoms with Gasteiger partial charge in [0, 0.05) is 6.54 Å². The van der Waals surface area contributed by atoms with Crippen molar-refractivity contribution in [3.05, 3.63) is 0 Å². The summed E-state index contributed by atoms with van der Waals surface area (Å²) in [5.41, 5.74) is -1.30. The zero-order valence-electron chi connectivity index (χ0n) is 9.58. The number of nitrogens with one attached hydrogen (secondary N) is 1. The van der Waals surface area contributed by atoms with Gasteiger partial charge in [0.15, 0.2) is 0 Å². The van der Waals surface area contributed by atoms with Crippen molar-refractivity contribution in [3.8, 4) is 0 Å². The Balaban J connectivity index is 2.71. The number of hydrogen-bond donors (Lipinski definition) is 2. The molecular formula is C10H16F2N2O3. The second kappa shape index (κ2) is 5.29. The predicted octanol–water partition coefficient (Wildman–Crippen LogP) is 1.29. The number of rotatable bonds is 3. The first-order chi connectivity index (χ1) is 7.88. The van der Waals surface area contributed by atoms with E-state index < -0.39 is 30.5 Å². The van der Waals surface area contributed by atoms with Gasteiger partial charge in [-0.25, -0.2) is 18.4 Å². The van der Waals surface area contributed by atoms with Crippen LogP contribution in [0.25, 0.3) is 0 Å². The van der Waals surface area contributed by atoms with Crippen molar-refractivity contribution >= 4 is 12.0 Å². The van der Waals surface area contributed by atoms with Gasteiger partial charge in [-0.1, -0.05) is 0 Å². The van der Waals surface area contributed by atoms with Crippen molar-refractivity contribution in [1.29, 1.82) is 0 Å². The molecule has 0 saturated carbocycles. The van der Waals surface area contributed by atoms with Crippen molar-refractivity contribution in [2.75, 3.05) is 13.1 Å². The fraction of sp³-hybridized carbons (Fsp3) is 0.800. The lowest BCUT2D eigenvalue weighted by Crippen LogP contribution is -2.60. The van der Waals surface area contributed by atoms with E-state index in [9.17, 15) is 18.4 Å². The lowest BCUT2D eigenvalue weighted by Gasteiger charge is -2.41. The van der Waals surface area contributed by atoms with Gasteiger partial charge in [0.1, 0.15) is 5.54 Å². The van der Waals surface area contributed by atoms with E-state index in [4.69, 9.17) is 5.11 Å². The van der Waals surface area contributed by atoms with Crippen molar-refractivity contribution < 1.29 is 23.5 Å². The van der Waals surface area contributed by atoms with E-state index in [0.717, 1.165) is 4.90 Å². The van der Waals surface area contributed by atoms with E-state index >= 15 is 0 Å². The van der Waals surface area contributed by atoms with Gasteiger partial charge >= 0.3 is 12.0 Å². The number of likely N-dealkylation sites (tertiary alicyclic amines) is 1. The van der Waals surface area contributed by atoms with E-state index in [-0.39, 0.29) is 6.54 Å². The molecule has 1 aliphatic rings. The van der Waals surface area contributed by atoms with Crippen molar-refractivity contribution in [3.63, 3.8) is 0 Å². The van der Waals surface area contributed by atoms with Gasteiger partial charge in [-0.15, -0.1) is 0 Å². The number of amides is 2. The minimum Gasteiger partial charge on any atom is -0.480 e. The second-order valence-electron chi connectivity index (χ2n) is 4.26. The number of nitrogens with zero attached hydrogens (tertiary/aromatic N) is 1. The summed E-state index contributed by atoms with van der Waals surface area (Å²) in [4.78, 5) is 23.9. The molecule has 1 heterocycles. The molecule has 1 fully saturated rings. The van der Waals surface area contributed by atoms with E-state index in [1.165, 1.54) is 6.92 Å². The molecule has 17 heavy (non-hydrogen) atoms. The highest BCUT2D eigenvalue weighted by molar-refractivity contribution is 5.86. The van der Waals surface area contributed by atoms with E-state index in [1.807, 2.05) is 5.32 Å². The number of alkyl halides is 2. The second-order valence-corrected chi connectivity index (χ2v) is 4.26. The minimum absolute atomic E-state index is 0.276. The smallest absolute Gasteiger partial charge is 0.329 e. The first kappa shape index (κ1) is 13.7. The maximum atomic E-state index is 12.0. The number of hydrogen-bond acceptors (Lipinski definition) is 2. The fourth-order valence-corrected chi connectivity index (χ4v) is 1.93. The van der Waals surface area contributed by atoms with Crippen LogP contribution in [0, 0.1) is 0 Å². The molecule has 1 aliphatic heterocycles. The molecular weight excluding hydrogens is 234 g/mol.